The number of nitrogens with zero attached hydrogens (tertiary/aromatic N) is 4. The number of likely N-dealkylation sites (tertiary alicyclic amines) is 1. The lowest BCUT2D eigenvalue weighted by Crippen LogP contribution is -2.41. The van der Waals surface area contributed by atoms with Crippen LogP contribution in [0.3, 0.4) is 0 Å². The first kappa shape index (κ1) is 17.3. The van der Waals surface area contributed by atoms with Crippen molar-refractivity contribution in [3.05, 3.63) is 84.2 Å². The Morgan fingerprint density at radius 1 is 0.889 bits per heavy atom. The second kappa shape index (κ2) is 8.08. The monoisotopic (exact) mass is 360 g/mol. The highest BCUT2D eigenvalue weighted by Crippen LogP contribution is 2.17. The SMILES string of the molecule is O=C(N1CCCC1)N(Cc1ccccc1)Cc1ccc(-n2cccn2)cc1. The fraction of sp³-hybridized carbons (Fsp3) is 0.273. The molecule has 0 bridgehead atoms. The highest BCUT2D eigenvalue weighted by atomic mass is 16.2. The van der Waals surface area contributed by atoms with E-state index in [-0.39, 0.29) is 6.03 Å². The molecular formula is C22H24N4O. The molecule has 0 N–H and O–H groups in total. The summed E-state index contributed by atoms with van der Waals surface area (Å²) in [7, 11) is 0. The highest BCUT2D eigenvalue weighted by molar-refractivity contribution is 5.74. The van der Waals surface area contributed by atoms with E-state index in [4.69, 9.17) is 0 Å². The Kier molecular flexibility index (Phi) is 5.19. The minimum absolute atomic E-state index is 0.132. The molecule has 0 atom stereocenters. The first-order valence-electron chi connectivity index (χ1n) is 9.46. The molecule has 0 unspecified atom stereocenters. The molecular weight excluding hydrogens is 336 g/mol. The van der Waals surface area contributed by atoms with Gasteiger partial charge in [0.05, 0.1) is 5.69 Å². The van der Waals surface area contributed by atoms with Crippen LogP contribution in [0.15, 0.2) is 73.1 Å². The predicted octanol–water partition coefficient (Wildman–Crippen LogP) is 4.09. The van der Waals surface area contributed by atoms with Gasteiger partial charge < -0.3 is 9.80 Å². The van der Waals surface area contributed by atoms with E-state index in [1.54, 1.807) is 6.20 Å². The van der Waals surface area contributed by atoms with Crippen LogP contribution >= 0.6 is 0 Å². The number of benzene rings is 2. The zero-order chi connectivity index (χ0) is 18.5. The Morgan fingerprint density at radius 2 is 1.56 bits per heavy atom. The fourth-order valence-corrected chi connectivity index (χ4v) is 3.50. The molecule has 27 heavy (non-hydrogen) atoms. The number of rotatable bonds is 5. The molecule has 1 saturated heterocycles. The molecule has 3 aromatic rings. The standard InChI is InChI=1S/C22H24N4O/c27-22(24-14-4-5-15-24)25(17-19-7-2-1-3-8-19)18-20-9-11-21(12-10-20)26-16-6-13-23-26/h1-3,6-13,16H,4-5,14-15,17-18H2. The van der Waals surface area contributed by atoms with Crippen molar-refractivity contribution in [3.63, 3.8) is 0 Å². The minimum atomic E-state index is 0.132. The number of amides is 2. The minimum Gasteiger partial charge on any atom is -0.325 e. The Bertz CT molecular complexity index is 853. The number of aromatic nitrogens is 2. The zero-order valence-electron chi connectivity index (χ0n) is 15.4. The van der Waals surface area contributed by atoms with Crippen molar-refractivity contribution in [1.29, 1.82) is 0 Å². The molecule has 0 radical (unpaired) electrons. The van der Waals surface area contributed by atoms with Crippen LogP contribution < -0.4 is 0 Å². The van der Waals surface area contributed by atoms with Crippen molar-refractivity contribution in [2.24, 2.45) is 0 Å². The van der Waals surface area contributed by atoms with E-state index in [1.165, 1.54) is 0 Å². The first-order chi connectivity index (χ1) is 13.3. The molecule has 5 nitrogen and oxygen atoms in total. The van der Waals surface area contributed by atoms with Gasteiger partial charge in [0.1, 0.15) is 0 Å². The van der Waals surface area contributed by atoms with Crippen LogP contribution in [0.1, 0.15) is 24.0 Å². The molecule has 2 heterocycles. The van der Waals surface area contributed by atoms with E-state index >= 15 is 0 Å². The molecule has 1 aliphatic heterocycles. The average molecular weight is 360 g/mol. The second-order valence-electron chi connectivity index (χ2n) is 6.94. The maximum Gasteiger partial charge on any atom is 0.320 e. The third-order valence-corrected chi connectivity index (χ3v) is 4.94. The lowest BCUT2D eigenvalue weighted by molar-refractivity contribution is 0.157. The maximum absolute atomic E-state index is 13.0. The van der Waals surface area contributed by atoms with Crippen LogP contribution in [0, 0.1) is 0 Å². The Hall–Kier alpha value is -3.08. The average Bonchev–Trinajstić information content (AvgIpc) is 3.42. The van der Waals surface area contributed by atoms with Crippen molar-refractivity contribution in [2.75, 3.05) is 13.1 Å². The molecule has 0 spiro atoms. The van der Waals surface area contributed by atoms with Crippen LogP contribution in [0.2, 0.25) is 0 Å². The van der Waals surface area contributed by atoms with E-state index in [2.05, 4.69) is 29.4 Å². The largest absolute Gasteiger partial charge is 0.325 e. The van der Waals surface area contributed by atoms with Gasteiger partial charge in [-0.25, -0.2) is 9.48 Å². The summed E-state index contributed by atoms with van der Waals surface area (Å²) >= 11 is 0. The third kappa shape index (κ3) is 4.19. The molecule has 1 aromatic heterocycles. The van der Waals surface area contributed by atoms with Crippen molar-refractivity contribution in [3.8, 4) is 5.69 Å². The summed E-state index contributed by atoms with van der Waals surface area (Å²) in [4.78, 5) is 17.0. The van der Waals surface area contributed by atoms with Crippen LogP contribution in [-0.2, 0) is 13.1 Å². The first-order valence-corrected chi connectivity index (χ1v) is 9.46. The van der Waals surface area contributed by atoms with Crippen molar-refractivity contribution in [2.45, 2.75) is 25.9 Å². The van der Waals surface area contributed by atoms with Crippen molar-refractivity contribution < 1.29 is 4.79 Å². The molecule has 0 saturated carbocycles. The summed E-state index contributed by atoms with van der Waals surface area (Å²) in [6, 6.07) is 20.5. The van der Waals surface area contributed by atoms with E-state index in [9.17, 15) is 4.79 Å². The smallest absolute Gasteiger partial charge is 0.320 e. The van der Waals surface area contributed by atoms with Crippen molar-refractivity contribution >= 4 is 6.03 Å². The maximum atomic E-state index is 13.0. The van der Waals surface area contributed by atoms with E-state index in [0.29, 0.717) is 13.1 Å². The van der Waals surface area contributed by atoms with Gasteiger partial charge in [0.25, 0.3) is 0 Å². The molecule has 2 aromatic carbocycles. The number of urea groups is 1. The molecule has 5 heteroatoms. The topological polar surface area (TPSA) is 41.4 Å². The van der Waals surface area contributed by atoms with E-state index in [1.807, 2.05) is 57.1 Å². The van der Waals surface area contributed by atoms with Gasteiger partial charge in [-0.05, 0) is 42.2 Å². The van der Waals surface area contributed by atoms with Gasteiger partial charge in [-0.2, -0.15) is 5.10 Å². The molecule has 0 aliphatic carbocycles. The lowest BCUT2D eigenvalue weighted by atomic mass is 10.1. The normalized spacial score (nSPS) is 13.7. The highest BCUT2D eigenvalue weighted by Gasteiger charge is 2.24. The molecule has 4 rings (SSSR count). The lowest BCUT2D eigenvalue weighted by Gasteiger charge is -2.28. The summed E-state index contributed by atoms with van der Waals surface area (Å²) in [5, 5.41) is 4.26. The van der Waals surface area contributed by atoms with Gasteiger partial charge in [0.15, 0.2) is 0 Å². The van der Waals surface area contributed by atoms with Crippen LogP contribution in [0.5, 0.6) is 0 Å². The van der Waals surface area contributed by atoms with Crippen LogP contribution in [0.4, 0.5) is 4.79 Å². The molecule has 138 valence electrons. The van der Waals surface area contributed by atoms with Crippen LogP contribution in [0.25, 0.3) is 5.69 Å². The number of hydrogen-bond donors (Lipinski definition) is 0. The van der Waals surface area contributed by atoms with Crippen molar-refractivity contribution in [1.82, 2.24) is 19.6 Å². The zero-order valence-corrected chi connectivity index (χ0v) is 15.4. The quantitative estimate of drug-likeness (QED) is 0.688. The van der Waals surface area contributed by atoms with Crippen LogP contribution in [-0.4, -0.2) is 38.7 Å². The van der Waals surface area contributed by atoms with Gasteiger partial charge >= 0.3 is 6.03 Å². The number of hydrogen-bond acceptors (Lipinski definition) is 2. The second-order valence-corrected chi connectivity index (χ2v) is 6.94. The predicted molar refractivity (Wildman–Crippen MR) is 105 cm³/mol. The Labute approximate surface area is 159 Å². The molecule has 1 fully saturated rings. The summed E-state index contributed by atoms with van der Waals surface area (Å²) in [6.07, 6.45) is 5.89. The van der Waals surface area contributed by atoms with E-state index in [0.717, 1.165) is 42.7 Å². The molecule has 2 amide bonds. The van der Waals surface area contributed by atoms with Gasteiger partial charge in [0, 0.05) is 38.6 Å². The van der Waals surface area contributed by atoms with Gasteiger partial charge in [-0.1, -0.05) is 42.5 Å². The van der Waals surface area contributed by atoms with Gasteiger partial charge in [0.2, 0.25) is 0 Å². The summed E-state index contributed by atoms with van der Waals surface area (Å²) < 4.78 is 1.83. The third-order valence-electron chi connectivity index (χ3n) is 4.94. The van der Waals surface area contributed by atoms with Gasteiger partial charge in [-0.15, -0.1) is 0 Å². The summed E-state index contributed by atoms with van der Waals surface area (Å²) in [6.45, 7) is 2.95. The fourth-order valence-electron chi connectivity index (χ4n) is 3.50. The molecule has 1 aliphatic rings. The van der Waals surface area contributed by atoms with E-state index < -0.39 is 0 Å². The Morgan fingerprint density at radius 3 is 2.19 bits per heavy atom. The summed E-state index contributed by atoms with van der Waals surface area (Å²) in [5.41, 5.74) is 3.29. The number of carbonyl (C=O) groups is 1. The number of carbonyl (C=O) groups excluding carboxylic acids is 1. The summed E-state index contributed by atoms with van der Waals surface area (Å²) in [5.74, 6) is 0. The van der Waals surface area contributed by atoms with Gasteiger partial charge in [-0.3, -0.25) is 0 Å². The Balaban J connectivity index is 1.52.